The fraction of sp³-hybridized carbons (Fsp3) is 0.500. The number of rotatable bonds is 4. The maximum absolute atomic E-state index is 12.5. The predicted molar refractivity (Wildman–Crippen MR) is 70.3 cm³/mol. The van der Waals surface area contributed by atoms with E-state index in [1.807, 2.05) is 0 Å². The third-order valence-corrected chi connectivity index (χ3v) is 5.85. The van der Waals surface area contributed by atoms with Gasteiger partial charge in [0.1, 0.15) is 0 Å². The van der Waals surface area contributed by atoms with Crippen LogP contribution in [0.2, 0.25) is 0 Å². The van der Waals surface area contributed by atoms with Gasteiger partial charge in [-0.3, -0.25) is 14.1 Å². The molecule has 1 aliphatic rings. The van der Waals surface area contributed by atoms with E-state index in [2.05, 4.69) is 4.98 Å². The van der Waals surface area contributed by atoms with Gasteiger partial charge in [0.05, 0.1) is 23.1 Å². The van der Waals surface area contributed by atoms with Gasteiger partial charge in [-0.1, -0.05) is 6.42 Å². The molecule has 1 N–H and O–H groups in total. The number of carbonyl (C=O) groups is 1. The summed E-state index contributed by atoms with van der Waals surface area (Å²) in [6, 6.07) is 3.28. The number of anilines is 1. The van der Waals surface area contributed by atoms with E-state index in [0.717, 1.165) is 4.31 Å². The van der Waals surface area contributed by atoms with Crippen LogP contribution >= 0.6 is 0 Å². The summed E-state index contributed by atoms with van der Waals surface area (Å²) in [5, 5.41) is 8.25. The van der Waals surface area contributed by atoms with Crippen LogP contribution in [0.4, 0.5) is 5.69 Å². The average molecular weight is 284 g/mol. The van der Waals surface area contributed by atoms with Crippen molar-refractivity contribution in [2.75, 3.05) is 11.4 Å². The van der Waals surface area contributed by atoms with E-state index in [9.17, 15) is 13.2 Å². The van der Waals surface area contributed by atoms with Crippen LogP contribution in [-0.4, -0.2) is 36.8 Å². The minimum atomic E-state index is -3.67. The van der Waals surface area contributed by atoms with Gasteiger partial charge in [-0.05, 0) is 25.0 Å². The molecule has 7 heteroatoms. The van der Waals surface area contributed by atoms with Gasteiger partial charge in [0.15, 0.2) is 0 Å². The lowest BCUT2D eigenvalue weighted by Gasteiger charge is -2.25. The Hall–Kier alpha value is -1.63. The fourth-order valence-electron chi connectivity index (χ4n) is 2.46. The van der Waals surface area contributed by atoms with Crippen LogP contribution in [-0.2, 0) is 14.8 Å². The minimum Gasteiger partial charge on any atom is -0.481 e. The van der Waals surface area contributed by atoms with E-state index >= 15 is 0 Å². The van der Waals surface area contributed by atoms with E-state index in [4.69, 9.17) is 5.11 Å². The normalized spacial score (nSPS) is 23.2. The SMILES string of the molecule is CN(c1cccnc1)S(=O)(=O)C1CCCC1C(=O)O. The lowest BCUT2D eigenvalue weighted by atomic mass is 10.1. The first-order valence-corrected chi connectivity index (χ1v) is 7.55. The highest BCUT2D eigenvalue weighted by Crippen LogP contribution is 2.34. The summed E-state index contributed by atoms with van der Waals surface area (Å²) >= 11 is 0. The maximum Gasteiger partial charge on any atom is 0.307 e. The van der Waals surface area contributed by atoms with Crippen LogP contribution in [0.3, 0.4) is 0 Å². The molecule has 2 unspecified atom stereocenters. The molecule has 104 valence electrons. The zero-order valence-corrected chi connectivity index (χ0v) is 11.4. The Kier molecular flexibility index (Phi) is 3.75. The van der Waals surface area contributed by atoms with Crippen molar-refractivity contribution in [3.05, 3.63) is 24.5 Å². The van der Waals surface area contributed by atoms with Crippen molar-refractivity contribution in [1.29, 1.82) is 0 Å². The molecule has 0 radical (unpaired) electrons. The van der Waals surface area contributed by atoms with Gasteiger partial charge in [0, 0.05) is 13.2 Å². The lowest BCUT2D eigenvalue weighted by molar-refractivity contribution is -0.141. The molecule has 0 aromatic carbocycles. The predicted octanol–water partition coefficient (Wildman–Crippen LogP) is 1.10. The van der Waals surface area contributed by atoms with Crippen molar-refractivity contribution in [3.8, 4) is 0 Å². The smallest absolute Gasteiger partial charge is 0.307 e. The molecule has 1 aromatic rings. The van der Waals surface area contributed by atoms with Crippen LogP contribution in [0.1, 0.15) is 19.3 Å². The van der Waals surface area contributed by atoms with E-state index in [-0.39, 0.29) is 0 Å². The number of hydrogen-bond donors (Lipinski definition) is 1. The third-order valence-electron chi connectivity index (χ3n) is 3.54. The average Bonchev–Trinajstić information content (AvgIpc) is 2.89. The molecule has 6 nitrogen and oxygen atoms in total. The Labute approximate surface area is 112 Å². The topological polar surface area (TPSA) is 87.6 Å². The van der Waals surface area contributed by atoms with Crippen molar-refractivity contribution >= 4 is 21.7 Å². The standard InChI is InChI=1S/C12H16N2O4S/c1-14(9-4-3-7-13-8-9)19(17,18)11-6-2-5-10(11)12(15)16/h3-4,7-8,10-11H,2,5-6H2,1H3,(H,15,16). The number of carboxylic acids is 1. The molecule has 1 fully saturated rings. The second-order valence-electron chi connectivity index (χ2n) is 4.64. The number of carboxylic acid groups (broad SMARTS) is 1. The molecule has 1 aliphatic carbocycles. The Morgan fingerprint density at radius 1 is 1.47 bits per heavy atom. The van der Waals surface area contributed by atoms with Crippen molar-refractivity contribution in [1.82, 2.24) is 4.98 Å². The van der Waals surface area contributed by atoms with E-state index in [1.54, 1.807) is 18.3 Å². The quantitative estimate of drug-likeness (QED) is 0.894. The number of aromatic nitrogens is 1. The van der Waals surface area contributed by atoms with E-state index < -0.39 is 27.2 Å². The van der Waals surface area contributed by atoms with Crippen LogP contribution in [0.5, 0.6) is 0 Å². The molecule has 1 aromatic heterocycles. The summed E-state index contributed by atoms with van der Waals surface area (Å²) in [7, 11) is -2.24. The van der Waals surface area contributed by atoms with E-state index in [0.29, 0.717) is 24.9 Å². The summed E-state index contributed by atoms with van der Waals surface area (Å²) in [6.45, 7) is 0. The number of hydrogen-bond acceptors (Lipinski definition) is 4. The number of pyridine rings is 1. The summed E-state index contributed by atoms with van der Waals surface area (Å²) in [5.74, 6) is -1.85. The first-order valence-electron chi connectivity index (χ1n) is 6.05. The van der Waals surface area contributed by atoms with Crippen LogP contribution in [0, 0.1) is 5.92 Å². The maximum atomic E-state index is 12.5. The highest BCUT2D eigenvalue weighted by atomic mass is 32.2. The summed E-state index contributed by atoms with van der Waals surface area (Å²) in [6.07, 6.45) is 4.44. The molecule has 0 spiro atoms. The highest BCUT2D eigenvalue weighted by molar-refractivity contribution is 7.93. The van der Waals surface area contributed by atoms with Gasteiger partial charge in [0.2, 0.25) is 10.0 Å². The van der Waals surface area contributed by atoms with Crippen molar-refractivity contribution < 1.29 is 18.3 Å². The zero-order chi connectivity index (χ0) is 14.0. The number of sulfonamides is 1. The van der Waals surface area contributed by atoms with E-state index in [1.165, 1.54) is 13.2 Å². The number of nitrogens with zero attached hydrogens (tertiary/aromatic N) is 2. The molecule has 2 atom stereocenters. The number of aliphatic carboxylic acids is 1. The molecule has 0 saturated heterocycles. The van der Waals surface area contributed by atoms with Gasteiger partial charge in [-0.25, -0.2) is 8.42 Å². The van der Waals surface area contributed by atoms with Crippen LogP contribution in [0.15, 0.2) is 24.5 Å². The Balaban J connectivity index is 2.30. The monoisotopic (exact) mass is 284 g/mol. The van der Waals surface area contributed by atoms with Crippen LogP contribution < -0.4 is 4.31 Å². The summed E-state index contributed by atoms with van der Waals surface area (Å²) in [4.78, 5) is 15.0. The minimum absolute atomic E-state index is 0.393. The largest absolute Gasteiger partial charge is 0.481 e. The van der Waals surface area contributed by atoms with Crippen molar-refractivity contribution in [3.63, 3.8) is 0 Å². The van der Waals surface area contributed by atoms with Crippen molar-refractivity contribution in [2.45, 2.75) is 24.5 Å². The second kappa shape index (κ2) is 5.16. The molecule has 1 saturated carbocycles. The van der Waals surface area contributed by atoms with Crippen LogP contribution in [0.25, 0.3) is 0 Å². The summed E-state index contributed by atoms with van der Waals surface area (Å²) in [5.41, 5.74) is 0.443. The molecule has 1 heterocycles. The van der Waals surface area contributed by atoms with Crippen molar-refractivity contribution in [2.24, 2.45) is 5.92 Å². The van der Waals surface area contributed by atoms with Gasteiger partial charge in [0.25, 0.3) is 0 Å². The van der Waals surface area contributed by atoms with Gasteiger partial charge < -0.3 is 5.11 Å². The molecule has 0 bridgehead atoms. The third kappa shape index (κ3) is 2.56. The van der Waals surface area contributed by atoms with Gasteiger partial charge in [-0.2, -0.15) is 0 Å². The Morgan fingerprint density at radius 2 is 2.21 bits per heavy atom. The molecule has 0 amide bonds. The molecule has 2 rings (SSSR count). The lowest BCUT2D eigenvalue weighted by Crippen LogP contribution is -2.40. The van der Waals surface area contributed by atoms with Gasteiger partial charge >= 0.3 is 5.97 Å². The summed E-state index contributed by atoms with van der Waals surface area (Å²) < 4.78 is 26.1. The Bertz CT molecular complexity index is 558. The van der Waals surface area contributed by atoms with Gasteiger partial charge in [-0.15, -0.1) is 0 Å². The molecular formula is C12H16N2O4S. The molecule has 0 aliphatic heterocycles. The first kappa shape index (κ1) is 13.8. The molecular weight excluding hydrogens is 268 g/mol. The Morgan fingerprint density at radius 3 is 2.79 bits per heavy atom. The first-order chi connectivity index (χ1) is 8.94. The zero-order valence-electron chi connectivity index (χ0n) is 10.6. The second-order valence-corrected chi connectivity index (χ2v) is 6.82. The highest BCUT2D eigenvalue weighted by Gasteiger charge is 2.43. The molecule has 19 heavy (non-hydrogen) atoms. The fourth-order valence-corrected chi connectivity index (χ4v) is 4.40.